The summed E-state index contributed by atoms with van der Waals surface area (Å²) >= 11 is 1.25. The van der Waals surface area contributed by atoms with Crippen LogP contribution in [0.4, 0.5) is 5.69 Å². The van der Waals surface area contributed by atoms with Gasteiger partial charge in [0, 0.05) is 15.9 Å². The number of nitriles is 1. The Hall–Kier alpha value is -2.85. The van der Waals surface area contributed by atoms with E-state index in [0.29, 0.717) is 10.5 Å². The van der Waals surface area contributed by atoms with Gasteiger partial charge >= 0.3 is 5.97 Å². The molecule has 0 spiro atoms. The monoisotopic (exact) mass is 300 g/mol. The minimum Gasteiger partial charge on any atom is -0.477 e. The van der Waals surface area contributed by atoms with Crippen LogP contribution in [0.1, 0.15) is 15.9 Å². The Morgan fingerprint density at radius 2 is 1.81 bits per heavy atom. The molecule has 0 aliphatic carbocycles. The lowest BCUT2D eigenvalue weighted by molar-refractivity contribution is -0.385. The highest BCUT2D eigenvalue weighted by Gasteiger charge is 2.20. The van der Waals surface area contributed by atoms with Gasteiger partial charge in [0.2, 0.25) is 0 Å². The van der Waals surface area contributed by atoms with Crippen molar-refractivity contribution in [1.82, 2.24) is 0 Å². The quantitative estimate of drug-likeness (QED) is 0.686. The highest BCUT2D eigenvalue weighted by Crippen LogP contribution is 2.32. The van der Waals surface area contributed by atoms with Gasteiger partial charge in [0.1, 0.15) is 5.56 Å². The molecule has 0 aromatic heterocycles. The average molecular weight is 300 g/mol. The third kappa shape index (κ3) is 3.38. The molecule has 0 heterocycles. The molecule has 2 aromatic rings. The maximum atomic E-state index is 10.9. The molecule has 7 heteroatoms. The second-order valence-electron chi connectivity index (χ2n) is 3.98. The Bertz CT molecular complexity index is 751. The van der Waals surface area contributed by atoms with Crippen molar-refractivity contribution in [2.75, 3.05) is 0 Å². The lowest BCUT2D eigenvalue weighted by Crippen LogP contribution is -2.02. The maximum Gasteiger partial charge on any atom is 0.342 e. The molecule has 0 saturated carbocycles. The standard InChI is InChI=1S/C14H8N2O4S/c15-8-9-1-3-10(4-2-9)21-11-5-6-12(14(17)18)13(7-11)16(19)20/h1-7H,(H,17,18). The molecular weight excluding hydrogens is 292 g/mol. The van der Waals surface area contributed by atoms with Crippen LogP contribution in [0.25, 0.3) is 0 Å². The number of rotatable bonds is 4. The number of carboxylic acid groups (broad SMARTS) is 1. The van der Waals surface area contributed by atoms with Crippen LogP contribution in [-0.4, -0.2) is 16.0 Å². The van der Waals surface area contributed by atoms with Gasteiger partial charge in [-0.2, -0.15) is 5.26 Å². The van der Waals surface area contributed by atoms with Gasteiger partial charge in [-0.15, -0.1) is 0 Å². The van der Waals surface area contributed by atoms with Crippen LogP contribution in [-0.2, 0) is 0 Å². The molecule has 0 unspecified atom stereocenters. The van der Waals surface area contributed by atoms with Gasteiger partial charge in [-0.25, -0.2) is 4.79 Å². The van der Waals surface area contributed by atoms with Gasteiger partial charge in [-0.05, 0) is 36.4 Å². The van der Waals surface area contributed by atoms with Crippen LogP contribution in [0.3, 0.4) is 0 Å². The zero-order valence-electron chi connectivity index (χ0n) is 10.5. The summed E-state index contributed by atoms with van der Waals surface area (Å²) in [6.45, 7) is 0. The molecule has 1 N–H and O–H groups in total. The minimum absolute atomic E-state index is 0.343. The molecule has 0 saturated heterocycles. The second kappa shape index (κ2) is 6.07. The third-order valence-corrected chi connectivity index (χ3v) is 3.61. The van der Waals surface area contributed by atoms with Crippen LogP contribution in [0.15, 0.2) is 52.3 Å². The number of carboxylic acids is 1. The summed E-state index contributed by atoms with van der Waals surface area (Å²) in [7, 11) is 0. The van der Waals surface area contributed by atoms with Gasteiger partial charge in [0.25, 0.3) is 5.69 Å². The number of hydrogen-bond acceptors (Lipinski definition) is 5. The van der Waals surface area contributed by atoms with E-state index >= 15 is 0 Å². The molecule has 0 atom stereocenters. The van der Waals surface area contributed by atoms with Gasteiger partial charge in [-0.3, -0.25) is 10.1 Å². The predicted molar refractivity (Wildman–Crippen MR) is 75.3 cm³/mol. The topological polar surface area (TPSA) is 104 Å². The first-order chi connectivity index (χ1) is 10.0. The Morgan fingerprint density at radius 3 is 2.33 bits per heavy atom. The van der Waals surface area contributed by atoms with Crippen molar-refractivity contribution in [2.24, 2.45) is 0 Å². The number of carbonyl (C=O) groups is 1. The zero-order valence-corrected chi connectivity index (χ0v) is 11.3. The Kier molecular flexibility index (Phi) is 4.21. The SMILES string of the molecule is N#Cc1ccc(Sc2ccc(C(=O)O)c([N+](=O)[O-])c2)cc1. The zero-order chi connectivity index (χ0) is 15.4. The van der Waals surface area contributed by atoms with Crippen LogP contribution >= 0.6 is 11.8 Å². The highest BCUT2D eigenvalue weighted by molar-refractivity contribution is 7.99. The molecular formula is C14H8N2O4S. The summed E-state index contributed by atoms with van der Waals surface area (Å²) < 4.78 is 0. The number of nitrogens with zero attached hydrogens (tertiary/aromatic N) is 2. The van der Waals surface area contributed by atoms with Crippen molar-refractivity contribution < 1.29 is 14.8 Å². The van der Waals surface area contributed by atoms with E-state index in [0.717, 1.165) is 4.90 Å². The molecule has 21 heavy (non-hydrogen) atoms. The van der Waals surface area contributed by atoms with E-state index < -0.39 is 16.6 Å². The molecule has 0 bridgehead atoms. The van der Waals surface area contributed by atoms with Crippen LogP contribution in [0.2, 0.25) is 0 Å². The Balaban J connectivity index is 2.32. The van der Waals surface area contributed by atoms with E-state index in [-0.39, 0.29) is 5.56 Å². The van der Waals surface area contributed by atoms with Crippen molar-refractivity contribution in [1.29, 1.82) is 5.26 Å². The Labute approximate surface area is 123 Å². The van der Waals surface area contributed by atoms with Gasteiger partial charge in [0.15, 0.2) is 0 Å². The molecule has 0 aliphatic heterocycles. The lowest BCUT2D eigenvalue weighted by Gasteiger charge is -2.03. The van der Waals surface area contributed by atoms with Crippen LogP contribution < -0.4 is 0 Å². The summed E-state index contributed by atoms with van der Waals surface area (Å²) in [5.41, 5.74) is -0.267. The van der Waals surface area contributed by atoms with Crippen LogP contribution in [0.5, 0.6) is 0 Å². The lowest BCUT2D eigenvalue weighted by atomic mass is 10.2. The Morgan fingerprint density at radius 1 is 1.19 bits per heavy atom. The van der Waals surface area contributed by atoms with Gasteiger partial charge in [-0.1, -0.05) is 11.8 Å². The highest BCUT2D eigenvalue weighted by atomic mass is 32.2. The number of benzene rings is 2. The van der Waals surface area contributed by atoms with Crippen molar-refractivity contribution in [2.45, 2.75) is 9.79 Å². The largest absolute Gasteiger partial charge is 0.477 e. The first-order valence-corrected chi connectivity index (χ1v) is 6.52. The third-order valence-electron chi connectivity index (χ3n) is 2.62. The molecule has 2 rings (SSSR count). The summed E-state index contributed by atoms with van der Waals surface area (Å²) in [6, 6.07) is 12.7. The van der Waals surface area contributed by atoms with Crippen molar-refractivity contribution in [3.8, 4) is 6.07 Å². The molecule has 0 aliphatic rings. The molecule has 0 fully saturated rings. The molecule has 104 valence electrons. The fourth-order valence-electron chi connectivity index (χ4n) is 1.64. The van der Waals surface area contributed by atoms with Gasteiger partial charge < -0.3 is 5.11 Å². The maximum absolute atomic E-state index is 10.9. The predicted octanol–water partition coefficient (Wildman–Crippen LogP) is 3.32. The molecule has 0 amide bonds. The summed E-state index contributed by atoms with van der Waals surface area (Å²) in [5, 5.41) is 28.5. The summed E-state index contributed by atoms with van der Waals surface area (Å²) in [5.74, 6) is -1.34. The first kappa shape index (κ1) is 14.6. The van der Waals surface area contributed by atoms with Crippen molar-refractivity contribution in [3.63, 3.8) is 0 Å². The van der Waals surface area contributed by atoms with E-state index in [1.807, 2.05) is 6.07 Å². The first-order valence-electron chi connectivity index (χ1n) is 5.71. The van der Waals surface area contributed by atoms with Crippen LogP contribution in [0, 0.1) is 21.4 Å². The van der Waals surface area contributed by atoms with Crippen molar-refractivity contribution in [3.05, 3.63) is 63.7 Å². The molecule has 0 radical (unpaired) electrons. The van der Waals surface area contributed by atoms with E-state index in [1.165, 1.54) is 30.0 Å². The van der Waals surface area contributed by atoms with E-state index in [1.54, 1.807) is 24.3 Å². The molecule has 6 nitrogen and oxygen atoms in total. The second-order valence-corrected chi connectivity index (χ2v) is 5.13. The summed E-state index contributed by atoms with van der Waals surface area (Å²) in [4.78, 5) is 22.5. The smallest absolute Gasteiger partial charge is 0.342 e. The number of nitro groups is 1. The van der Waals surface area contributed by atoms with E-state index in [4.69, 9.17) is 10.4 Å². The minimum atomic E-state index is -1.34. The average Bonchev–Trinajstić information content (AvgIpc) is 2.47. The summed E-state index contributed by atoms with van der Waals surface area (Å²) in [6.07, 6.45) is 0. The molecule has 2 aromatic carbocycles. The number of aromatic carboxylic acids is 1. The van der Waals surface area contributed by atoms with E-state index in [2.05, 4.69) is 0 Å². The van der Waals surface area contributed by atoms with E-state index in [9.17, 15) is 14.9 Å². The normalized spacial score (nSPS) is 9.86. The fraction of sp³-hybridized carbons (Fsp3) is 0. The van der Waals surface area contributed by atoms with Gasteiger partial charge in [0.05, 0.1) is 16.6 Å². The number of nitro benzene ring substituents is 1. The van der Waals surface area contributed by atoms with Crippen molar-refractivity contribution >= 4 is 23.4 Å². The number of hydrogen-bond donors (Lipinski definition) is 1. The fourth-order valence-corrected chi connectivity index (χ4v) is 2.49.